The van der Waals surface area contributed by atoms with Crippen molar-refractivity contribution in [2.24, 2.45) is 0 Å². The molecule has 0 radical (unpaired) electrons. The molecule has 26 heavy (non-hydrogen) atoms. The minimum Gasteiger partial charge on any atom is -0.480 e. The smallest absolute Gasteiger partial charge is 0.231 e. The highest BCUT2D eigenvalue weighted by Crippen LogP contribution is 2.42. The van der Waals surface area contributed by atoms with Crippen LogP contribution in [0.3, 0.4) is 0 Å². The molecule has 1 aliphatic carbocycles. The van der Waals surface area contributed by atoms with Gasteiger partial charge in [0.15, 0.2) is 11.5 Å². The topological polar surface area (TPSA) is 68.4 Å². The maximum Gasteiger partial charge on any atom is 0.231 e. The summed E-state index contributed by atoms with van der Waals surface area (Å²) in [4.78, 5) is 8.52. The highest BCUT2D eigenvalue weighted by molar-refractivity contribution is 7.11. The van der Waals surface area contributed by atoms with Gasteiger partial charge in [-0.05, 0) is 44.8 Å². The van der Waals surface area contributed by atoms with Gasteiger partial charge in [0.2, 0.25) is 5.88 Å². The average Bonchev–Trinajstić information content (AvgIpc) is 3.28. The van der Waals surface area contributed by atoms with Gasteiger partial charge < -0.3 is 4.74 Å². The monoisotopic (exact) mass is 370 g/mol. The van der Waals surface area contributed by atoms with E-state index < -0.39 is 0 Å². The maximum absolute atomic E-state index is 5.24. The van der Waals surface area contributed by atoms with Gasteiger partial charge in [-0.25, -0.2) is 4.98 Å². The zero-order chi connectivity index (χ0) is 17.5. The van der Waals surface area contributed by atoms with Gasteiger partial charge in [0.05, 0.1) is 12.1 Å². The van der Waals surface area contributed by atoms with Crippen LogP contribution in [0.15, 0.2) is 18.3 Å². The van der Waals surface area contributed by atoms with Gasteiger partial charge in [-0.1, -0.05) is 0 Å². The van der Waals surface area contributed by atoms with E-state index in [1.165, 1.54) is 22.7 Å². The Hall–Kier alpha value is -2.06. The second-order valence-electron chi connectivity index (χ2n) is 7.19. The first-order valence-corrected chi connectivity index (χ1v) is 10.0. The van der Waals surface area contributed by atoms with Gasteiger partial charge in [-0.3, -0.25) is 4.90 Å². The number of thiazole rings is 1. The minimum atomic E-state index is 0.393. The Kier molecular flexibility index (Phi) is 4.09. The summed E-state index contributed by atoms with van der Waals surface area (Å²) in [6.07, 6.45) is 6.88. The molecule has 1 saturated carbocycles. The summed E-state index contributed by atoms with van der Waals surface area (Å²) in [6.45, 7) is 3.16. The third-order valence-electron chi connectivity index (χ3n) is 5.30. The summed E-state index contributed by atoms with van der Waals surface area (Å²) in [5.74, 6) is 2.69. The summed E-state index contributed by atoms with van der Waals surface area (Å²) in [5.41, 5.74) is 0.778. The second kappa shape index (κ2) is 6.59. The van der Waals surface area contributed by atoms with Gasteiger partial charge in [0, 0.05) is 35.5 Å². The first-order valence-electron chi connectivity index (χ1n) is 9.23. The van der Waals surface area contributed by atoms with Crippen molar-refractivity contribution in [1.82, 2.24) is 29.7 Å². The van der Waals surface area contributed by atoms with Gasteiger partial charge in [0.1, 0.15) is 0 Å². The van der Waals surface area contributed by atoms with Crippen molar-refractivity contribution in [1.29, 1.82) is 0 Å². The molecule has 5 rings (SSSR count). The maximum atomic E-state index is 5.24. The highest BCUT2D eigenvalue weighted by Gasteiger charge is 2.28. The van der Waals surface area contributed by atoms with Crippen LogP contribution >= 0.6 is 11.3 Å². The number of aromatic nitrogens is 5. The molecule has 2 aliphatic rings. The van der Waals surface area contributed by atoms with Gasteiger partial charge in [-0.2, -0.15) is 4.52 Å². The third kappa shape index (κ3) is 3.07. The lowest BCUT2D eigenvalue weighted by Crippen LogP contribution is -2.32. The van der Waals surface area contributed by atoms with Crippen molar-refractivity contribution in [3.8, 4) is 5.88 Å². The molecule has 1 aliphatic heterocycles. The molecule has 0 unspecified atom stereocenters. The van der Waals surface area contributed by atoms with Crippen LogP contribution in [0.2, 0.25) is 0 Å². The van der Waals surface area contributed by atoms with E-state index >= 15 is 0 Å². The molecule has 1 saturated heterocycles. The quantitative estimate of drug-likeness (QED) is 0.688. The number of rotatable bonds is 5. The largest absolute Gasteiger partial charge is 0.480 e. The van der Waals surface area contributed by atoms with Crippen molar-refractivity contribution < 1.29 is 4.74 Å². The molecule has 7 nitrogen and oxygen atoms in total. The number of ether oxygens (including phenoxy) is 1. The summed E-state index contributed by atoms with van der Waals surface area (Å²) in [5, 5.41) is 14.5. The number of nitrogens with zero attached hydrogens (tertiary/aromatic N) is 6. The van der Waals surface area contributed by atoms with E-state index in [-0.39, 0.29) is 0 Å². The lowest BCUT2D eigenvalue weighted by atomic mass is 9.96. The molecule has 2 fully saturated rings. The average molecular weight is 370 g/mol. The first-order chi connectivity index (χ1) is 12.8. The first kappa shape index (κ1) is 16.1. The predicted octanol–water partition coefficient (Wildman–Crippen LogP) is 2.85. The van der Waals surface area contributed by atoms with Gasteiger partial charge >= 0.3 is 0 Å². The van der Waals surface area contributed by atoms with Crippen LogP contribution in [-0.4, -0.2) is 49.9 Å². The fraction of sp³-hybridized carbons (Fsp3) is 0.556. The van der Waals surface area contributed by atoms with Crippen molar-refractivity contribution >= 4 is 17.0 Å². The fourth-order valence-electron chi connectivity index (χ4n) is 3.64. The van der Waals surface area contributed by atoms with E-state index in [0.717, 1.165) is 49.9 Å². The molecule has 0 bridgehead atoms. The van der Waals surface area contributed by atoms with Crippen LogP contribution in [0.1, 0.15) is 53.2 Å². The van der Waals surface area contributed by atoms with Crippen molar-refractivity contribution in [3.05, 3.63) is 34.0 Å². The Labute approximate surface area is 156 Å². The number of likely N-dealkylation sites (tertiary alicyclic amines) is 1. The Morgan fingerprint density at radius 2 is 1.96 bits per heavy atom. The Bertz CT molecular complexity index is 909. The van der Waals surface area contributed by atoms with E-state index in [2.05, 4.69) is 31.4 Å². The Morgan fingerprint density at radius 1 is 1.12 bits per heavy atom. The standard InChI is InChI=1S/C18H22N6OS/c1-25-16-5-4-15-20-21-17(24(15)22-16)12-6-8-23(9-7-12)11-14-10-19-18(26-14)13-2-3-13/h4-5,10,12-13H,2-3,6-9,11H2,1H3. The van der Waals surface area contributed by atoms with Crippen molar-refractivity contribution in [3.63, 3.8) is 0 Å². The third-order valence-corrected chi connectivity index (χ3v) is 6.45. The van der Waals surface area contributed by atoms with Crippen LogP contribution in [0.25, 0.3) is 5.65 Å². The molecule has 0 amide bonds. The Morgan fingerprint density at radius 3 is 2.73 bits per heavy atom. The number of piperidine rings is 1. The predicted molar refractivity (Wildman–Crippen MR) is 98.7 cm³/mol. The molecule has 0 spiro atoms. The number of hydrogen-bond acceptors (Lipinski definition) is 7. The molecular formula is C18H22N6OS. The van der Waals surface area contributed by atoms with Crippen molar-refractivity contribution in [2.75, 3.05) is 20.2 Å². The van der Waals surface area contributed by atoms with Crippen LogP contribution in [-0.2, 0) is 6.54 Å². The Balaban J connectivity index is 1.25. The van der Waals surface area contributed by atoms with Crippen LogP contribution in [0.5, 0.6) is 5.88 Å². The van der Waals surface area contributed by atoms with Crippen LogP contribution < -0.4 is 4.74 Å². The van der Waals surface area contributed by atoms with Gasteiger partial charge in [0.25, 0.3) is 0 Å². The minimum absolute atomic E-state index is 0.393. The normalized spacial score (nSPS) is 19.3. The van der Waals surface area contributed by atoms with E-state index in [1.807, 2.05) is 28.0 Å². The molecule has 3 aromatic rings. The van der Waals surface area contributed by atoms with E-state index in [1.54, 1.807) is 7.11 Å². The van der Waals surface area contributed by atoms with E-state index in [4.69, 9.17) is 4.74 Å². The summed E-state index contributed by atoms with van der Waals surface area (Å²) in [6, 6.07) is 3.72. The molecule has 136 valence electrons. The molecular weight excluding hydrogens is 348 g/mol. The van der Waals surface area contributed by atoms with E-state index in [9.17, 15) is 0 Å². The lowest BCUT2D eigenvalue weighted by Gasteiger charge is -2.30. The lowest BCUT2D eigenvalue weighted by molar-refractivity contribution is 0.202. The zero-order valence-electron chi connectivity index (χ0n) is 14.8. The SMILES string of the molecule is COc1ccc2nnc(C3CCN(Cc4cnc(C5CC5)s4)CC3)n2n1. The zero-order valence-corrected chi connectivity index (χ0v) is 15.7. The second-order valence-corrected chi connectivity index (χ2v) is 8.34. The molecule has 8 heteroatoms. The van der Waals surface area contributed by atoms with E-state index in [0.29, 0.717) is 11.8 Å². The molecule has 0 atom stereocenters. The van der Waals surface area contributed by atoms with Gasteiger partial charge in [-0.15, -0.1) is 26.6 Å². The van der Waals surface area contributed by atoms with Crippen molar-refractivity contribution in [2.45, 2.75) is 44.1 Å². The number of fused-ring (bicyclic) bond motifs is 1. The summed E-state index contributed by atoms with van der Waals surface area (Å²) in [7, 11) is 1.63. The summed E-state index contributed by atoms with van der Waals surface area (Å²) < 4.78 is 7.08. The number of methoxy groups -OCH3 is 1. The number of hydrogen-bond donors (Lipinski definition) is 0. The highest BCUT2D eigenvalue weighted by atomic mass is 32.1. The van der Waals surface area contributed by atoms with Crippen LogP contribution in [0, 0.1) is 0 Å². The molecule has 0 N–H and O–H groups in total. The fourth-order valence-corrected chi connectivity index (χ4v) is 4.77. The molecule has 4 heterocycles. The van der Waals surface area contributed by atoms with Crippen LogP contribution in [0.4, 0.5) is 0 Å². The molecule has 0 aromatic carbocycles. The summed E-state index contributed by atoms with van der Waals surface area (Å²) >= 11 is 1.90. The molecule has 3 aromatic heterocycles.